The van der Waals surface area contributed by atoms with Crippen LogP contribution in [0.15, 0.2) is 6.07 Å². The maximum atomic E-state index is 6.36. The minimum atomic E-state index is 0.0227. The van der Waals surface area contributed by atoms with E-state index in [1.807, 2.05) is 6.07 Å². The molecule has 4 nitrogen and oxygen atoms in total. The molecule has 0 aromatic heterocycles. The van der Waals surface area contributed by atoms with Gasteiger partial charge in [-0.3, -0.25) is 0 Å². The van der Waals surface area contributed by atoms with Crippen molar-refractivity contribution in [2.24, 2.45) is 0 Å². The number of morpholine rings is 1. The lowest BCUT2D eigenvalue weighted by atomic mass is 9.91. The average molecular weight is 298 g/mol. The van der Waals surface area contributed by atoms with Gasteiger partial charge in [0, 0.05) is 18.7 Å². The van der Waals surface area contributed by atoms with Crippen LogP contribution in [0.4, 0.5) is 0 Å². The van der Waals surface area contributed by atoms with Gasteiger partial charge in [-0.05, 0) is 17.5 Å². The third-order valence-corrected chi connectivity index (χ3v) is 3.97. The Kier molecular flexibility index (Phi) is 4.06. The molecule has 1 unspecified atom stereocenters. The van der Waals surface area contributed by atoms with Gasteiger partial charge in [0.05, 0.1) is 17.7 Å². The molecule has 1 N–H and O–H groups in total. The SMILES string of the molecule is CC(C)c1c(C2CNCCO2)cc(Cl)c2c1OCCO2. The molecular formula is C15H20ClNO3. The molecule has 110 valence electrons. The van der Waals surface area contributed by atoms with Crippen LogP contribution in [-0.2, 0) is 4.74 Å². The average Bonchev–Trinajstić information content (AvgIpc) is 2.47. The van der Waals surface area contributed by atoms with Crippen LogP contribution < -0.4 is 14.8 Å². The molecule has 2 heterocycles. The number of rotatable bonds is 2. The lowest BCUT2D eigenvalue weighted by Gasteiger charge is -2.31. The number of benzene rings is 1. The van der Waals surface area contributed by atoms with Crippen molar-refractivity contribution in [3.05, 3.63) is 22.2 Å². The summed E-state index contributed by atoms with van der Waals surface area (Å²) in [6.07, 6.45) is 0.0227. The largest absolute Gasteiger partial charge is 0.486 e. The monoisotopic (exact) mass is 297 g/mol. The molecule has 1 fully saturated rings. The zero-order valence-electron chi connectivity index (χ0n) is 11.9. The van der Waals surface area contributed by atoms with Crippen LogP contribution >= 0.6 is 11.6 Å². The van der Waals surface area contributed by atoms with Crippen molar-refractivity contribution in [2.45, 2.75) is 25.9 Å². The summed E-state index contributed by atoms with van der Waals surface area (Å²) in [6.45, 7) is 7.83. The van der Waals surface area contributed by atoms with Crippen LogP contribution in [0.25, 0.3) is 0 Å². The van der Waals surface area contributed by atoms with Crippen LogP contribution in [0, 0.1) is 0 Å². The molecule has 1 aromatic rings. The number of ether oxygens (including phenoxy) is 3. The highest BCUT2D eigenvalue weighted by Gasteiger charge is 2.29. The number of nitrogens with one attached hydrogen (secondary N) is 1. The summed E-state index contributed by atoms with van der Waals surface area (Å²) in [5.41, 5.74) is 2.26. The Hall–Kier alpha value is -0.970. The zero-order chi connectivity index (χ0) is 14.1. The van der Waals surface area contributed by atoms with E-state index in [1.54, 1.807) is 0 Å². The van der Waals surface area contributed by atoms with Crippen molar-refractivity contribution >= 4 is 11.6 Å². The highest BCUT2D eigenvalue weighted by Crippen LogP contribution is 2.47. The first-order valence-electron chi connectivity index (χ1n) is 7.12. The molecule has 3 rings (SSSR count). The summed E-state index contributed by atoms with van der Waals surface area (Å²) in [5, 5.41) is 3.96. The van der Waals surface area contributed by atoms with Gasteiger partial charge in [-0.2, -0.15) is 0 Å². The molecule has 1 atom stereocenters. The highest BCUT2D eigenvalue weighted by atomic mass is 35.5. The molecule has 0 saturated carbocycles. The Morgan fingerprint density at radius 1 is 1.20 bits per heavy atom. The second-order valence-electron chi connectivity index (χ2n) is 5.43. The third-order valence-electron chi connectivity index (χ3n) is 3.69. The molecule has 0 aliphatic carbocycles. The first kappa shape index (κ1) is 14.0. The van der Waals surface area contributed by atoms with Crippen LogP contribution in [0.1, 0.15) is 37.0 Å². The summed E-state index contributed by atoms with van der Waals surface area (Å²) in [6, 6.07) is 1.97. The third kappa shape index (κ3) is 2.48. The molecule has 2 aliphatic rings. The molecule has 0 amide bonds. The van der Waals surface area contributed by atoms with E-state index in [0.717, 1.165) is 30.0 Å². The first-order chi connectivity index (χ1) is 9.68. The van der Waals surface area contributed by atoms with Crippen LogP contribution in [0.3, 0.4) is 0 Å². The molecule has 1 saturated heterocycles. The fraction of sp³-hybridized carbons (Fsp3) is 0.600. The van der Waals surface area contributed by atoms with Gasteiger partial charge in [0.2, 0.25) is 0 Å². The maximum absolute atomic E-state index is 6.36. The summed E-state index contributed by atoms with van der Waals surface area (Å²) >= 11 is 6.36. The fourth-order valence-corrected chi connectivity index (χ4v) is 3.09. The predicted molar refractivity (Wildman–Crippen MR) is 78.1 cm³/mol. The standard InChI is InChI=1S/C15H20ClNO3/c1-9(2)13-10(12-8-17-3-4-18-12)7-11(16)14-15(13)20-6-5-19-14/h7,9,12,17H,3-6,8H2,1-2H3. The molecular weight excluding hydrogens is 278 g/mol. The lowest BCUT2D eigenvalue weighted by Crippen LogP contribution is -2.34. The van der Waals surface area contributed by atoms with Crippen molar-refractivity contribution in [3.63, 3.8) is 0 Å². The lowest BCUT2D eigenvalue weighted by molar-refractivity contribution is 0.0266. The Balaban J connectivity index is 2.10. The second kappa shape index (κ2) is 5.80. The van der Waals surface area contributed by atoms with E-state index in [4.69, 9.17) is 25.8 Å². The van der Waals surface area contributed by atoms with E-state index in [9.17, 15) is 0 Å². The Bertz CT molecular complexity index is 498. The van der Waals surface area contributed by atoms with Crippen LogP contribution in [0.5, 0.6) is 11.5 Å². The molecule has 1 aromatic carbocycles. The van der Waals surface area contributed by atoms with Crippen molar-refractivity contribution in [1.82, 2.24) is 5.32 Å². The van der Waals surface area contributed by atoms with Gasteiger partial charge in [0.25, 0.3) is 0 Å². The van der Waals surface area contributed by atoms with Crippen LogP contribution in [0.2, 0.25) is 5.02 Å². The van der Waals surface area contributed by atoms with Crippen LogP contribution in [-0.4, -0.2) is 32.9 Å². The smallest absolute Gasteiger partial charge is 0.180 e. The Labute approximate surface area is 124 Å². The summed E-state index contributed by atoms with van der Waals surface area (Å²) in [7, 11) is 0. The topological polar surface area (TPSA) is 39.7 Å². The number of halogens is 1. The summed E-state index contributed by atoms with van der Waals surface area (Å²) in [4.78, 5) is 0. The van der Waals surface area contributed by atoms with E-state index in [2.05, 4.69) is 19.2 Å². The van der Waals surface area contributed by atoms with E-state index >= 15 is 0 Å². The second-order valence-corrected chi connectivity index (χ2v) is 5.84. The van der Waals surface area contributed by atoms with Gasteiger partial charge in [-0.1, -0.05) is 25.4 Å². The molecule has 0 bridgehead atoms. The quantitative estimate of drug-likeness (QED) is 0.911. The minimum absolute atomic E-state index is 0.0227. The molecule has 20 heavy (non-hydrogen) atoms. The van der Waals surface area contributed by atoms with Gasteiger partial charge in [0.15, 0.2) is 11.5 Å². The van der Waals surface area contributed by atoms with E-state index in [1.165, 1.54) is 0 Å². The molecule has 5 heteroatoms. The number of fused-ring (bicyclic) bond motifs is 1. The van der Waals surface area contributed by atoms with Gasteiger partial charge in [-0.25, -0.2) is 0 Å². The normalized spacial score (nSPS) is 22.1. The van der Waals surface area contributed by atoms with Gasteiger partial charge in [0.1, 0.15) is 13.2 Å². The van der Waals surface area contributed by atoms with Gasteiger partial charge in [-0.15, -0.1) is 0 Å². The maximum Gasteiger partial charge on any atom is 0.180 e. The van der Waals surface area contributed by atoms with Gasteiger partial charge >= 0.3 is 0 Å². The summed E-state index contributed by atoms with van der Waals surface area (Å²) in [5.74, 6) is 1.79. The summed E-state index contributed by atoms with van der Waals surface area (Å²) < 4.78 is 17.4. The number of hydrogen-bond donors (Lipinski definition) is 1. The Morgan fingerprint density at radius 3 is 2.60 bits per heavy atom. The predicted octanol–water partition coefficient (Wildman–Crippen LogP) is 2.90. The van der Waals surface area contributed by atoms with Crippen molar-refractivity contribution in [3.8, 4) is 11.5 Å². The van der Waals surface area contributed by atoms with Crippen molar-refractivity contribution in [2.75, 3.05) is 32.9 Å². The highest BCUT2D eigenvalue weighted by molar-refractivity contribution is 6.32. The first-order valence-corrected chi connectivity index (χ1v) is 7.50. The van der Waals surface area contributed by atoms with Crippen molar-refractivity contribution in [1.29, 1.82) is 0 Å². The molecule has 0 radical (unpaired) electrons. The van der Waals surface area contributed by atoms with E-state index in [0.29, 0.717) is 36.5 Å². The fourth-order valence-electron chi connectivity index (χ4n) is 2.83. The van der Waals surface area contributed by atoms with E-state index in [-0.39, 0.29) is 6.10 Å². The minimum Gasteiger partial charge on any atom is -0.486 e. The molecule has 2 aliphatic heterocycles. The van der Waals surface area contributed by atoms with Crippen molar-refractivity contribution < 1.29 is 14.2 Å². The Morgan fingerprint density at radius 2 is 1.95 bits per heavy atom. The zero-order valence-corrected chi connectivity index (χ0v) is 12.6. The molecule has 0 spiro atoms. The van der Waals surface area contributed by atoms with Gasteiger partial charge < -0.3 is 19.5 Å². The van der Waals surface area contributed by atoms with E-state index < -0.39 is 0 Å². The number of hydrogen-bond acceptors (Lipinski definition) is 4.